The zero-order valence-electron chi connectivity index (χ0n) is 10.4. The molecule has 16 heavy (non-hydrogen) atoms. The minimum absolute atomic E-state index is 1.15. The molecule has 1 aliphatic rings. The third-order valence-electron chi connectivity index (χ3n) is 3.41. The van der Waals surface area contributed by atoms with Crippen LogP contribution >= 0.6 is 0 Å². The Bertz CT molecular complexity index is 341. The summed E-state index contributed by atoms with van der Waals surface area (Å²) in [4.78, 5) is 2.55. The molecule has 0 atom stereocenters. The third-order valence-corrected chi connectivity index (χ3v) is 3.41. The number of nitrogens with zero attached hydrogens (tertiary/aromatic N) is 1. The molecule has 2 rings (SSSR count). The first kappa shape index (κ1) is 11.6. The van der Waals surface area contributed by atoms with Crippen LogP contribution in [0.5, 0.6) is 0 Å². The normalized spacial score (nSPS) is 17.6. The number of nitrogens with one attached hydrogen (secondary N) is 1. The summed E-state index contributed by atoms with van der Waals surface area (Å²) < 4.78 is 0. The molecule has 2 nitrogen and oxygen atoms in total. The lowest BCUT2D eigenvalue weighted by Crippen LogP contribution is -2.44. The number of hydrogen-bond acceptors (Lipinski definition) is 2. The molecule has 1 heterocycles. The second-order valence-electron chi connectivity index (χ2n) is 4.77. The molecule has 0 spiro atoms. The van der Waals surface area contributed by atoms with Gasteiger partial charge in [-0.05, 0) is 31.4 Å². The van der Waals surface area contributed by atoms with Gasteiger partial charge in [0.25, 0.3) is 0 Å². The summed E-state index contributed by atoms with van der Waals surface area (Å²) in [5.74, 6) is 0. The molecule has 1 saturated heterocycles. The van der Waals surface area contributed by atoms with Crippen molar-refractivity contribution in [1.29, 1.82) is 0 Å². The summed E-state index contributed by atoms with van der Waals surface area (Å²) >= 11 is 0. The highest BCUT2D eigenvalue weighted by Crippen LogP contribution is 2.11. The third kappa shape index (κ3) is 3.06. The average molecular weight is 218 g/mol. The Labute approximate surface area is 98.7 Å². The zero-order chi connectivity index (χ0) is 11.4. The number of aryl methyl sites for hydroxylation is 2. The number of hydrogen-bond donors (Lipinski definition) is 1. The lowest BCUT2D eigenvalue weighted by Gasteiger charge is -2.27. The van der Waals surface area contributed by atoms with Crippen LogP contribution in [0, 0.1) is 13.8 Å². The van der Waals surface area contributed by atoms with Crippen molar-refractivity contribution in [3.8, 4) is 0 Å². The van der Waals surface area contributed by atoms with Gasteiger partial charge in [0.2, 0.25) is 0 Å². The number of piperazine rings is 1. The van der Waals surface area contributed by atoms with Gasteiger partial charge in [-0.25, -0.2) is 0 Å². The highest BCUT2D eigenvalue weighted by molar-refractivity contribution is 5.30. The van der Waals surface area contributed by atoms with Crippen molar-refractivity contribution in [2.45, 2.75) is 20.3 Å². The smallest absolute Gasteiger partial charge is 0.0108 e. The fourth-order valence-corrected chi connectivity index (χ4v) is 2.34. The van der Waals surface area contributed by atoms with Crippen molar-refractivity contribution >= 4 is 0 Å². The predicted molar refractivity (Wildman–Crippen MR) is 68.9 cm³/mol. The van der Waals surface area contributed by atoms with E-state index in [-0.39, 0.29) is 0 Å². The predicted octanol–water partition coefficient (Wildman–Crippen LogP) is 1.75. The van der Waals surface area contributed by atoms with Crippen molar-refractivity contribution in [3.63, 3.8) is 0 Å². The van der Waals surface area contributed by atoms with E-state index < -0.39 is 0 Å². The largest absolute Gasteiger partial charge is 0.314 e. The first-order valence-electron chi connectivity index (χ1n) is 6.25. The molecule has 1 aromatic rings. The van der Waals surface area contributed by atoms with Crippen molar-refractivity contribution in [2.75, 3.05) is 32.7 Å². The molecule has 0 aromatic heterocycles. The van der Waals surface area contributed by atoms with E-state index in [0.29, 0.717) is 0 Å². The van der Waals surface area contributed by atoms with E-state index >= 15 is 0 Å². The standard InChI is InChI=1S/C14H22N2/c1-12-3-4-14(13(2)11-12)5-8-16-9-6-15-7-10-16/h3-4,11,15H,5-10H2,1-2H3. The molecule has 1 aliphatic heterocycles. The van der Waals surface area contributed by atoms with Gasteiger partial charge in [0, 0.05) is 32.7 Å². The van der Waals surface area contributed by atoms with Crippen LogP contribution in [0.25, 0.3) is 0 Å². The first-order chi connectivity index (χ1) is 7.75. The van der Waals surface area contributed by atoms with E-state index in [1.165, 1.54) is 42.7 Å². The molecule has 2 heteroatoms. The van der Waals surface area contributed by atoms with Gasteiger partial charge in [-0.3, -0.25) is 0 Å². The minimum atomic E-state index is 1.15. The van der Waals surface area contributed by atoms with Crippen molar-refractivity contribution in [2.24, 2.45) is 0 Å². The fourth-order valence-electron chi connectivity index (χ4n) is 2.34. The molecule has 1 aromatic carbocycles. The topological polar surface area (TPSA) is 15.3 Å². The Morgan fingerprint density at radius 1 is 1.19 bits per heavy atom. The van der Waals surface area contributed by atoms with E-state index in [9.17, 15) is 0 Å². The minimum Gasteiger partial charge on any atom is -0.314 e. The Balaban J connectivity index is 1.88. The average Bonchev–Trinajstić information content (AvgIpc) is 2.29. The van der Waals surface area contributed by atoms with E-state index in [2.05, 4.69) is 42.3 Å². The maximum atomic E-state index is 3.39. The molecule has 0 amide bonds. The molecular formula is C14H22N2. The maximum Gasteiger partial charge on any atom is 0.0108 e. The van der Waals surface area contributed by atoms with Gasteiger partial charge in [-0.1, -0.05) is 23.8 Å². The maximum absolute atomic E-state index is 3.39. The van der Waals surface area contributed by atoms with Crippen LogP contribution in [0.3, 0.4) is 0 Å². The van der Waals surface area contributed by atoms with Crippen LogP contribution < -0.4 is 5.32 Å². The molecular weight excluding hydrogens is 196 g/mol. The summed E-state index contributed by atoms with van der Waals surface area (Å²) in [5, 5.41) is 3.39. The Morgan fingerprint density at radius 2 is 1.94 bits per heavy atom. The Hall–Kier alpha value is -0.860. The van der Waals surface area contributed by atoms with Gasteiger partial charge in [0.05, 0.1) is 0 Å². The second kappa shape index (κ2) is 5.46. The summed E-state index contributed by atoms with van der Waals surface area (Å²) in [5.41, 5.74) is 4.31. The lowest BCUT2D eigenvalue weighted by atomic mass is 10.0. The first-order valence-corrected chi connectivity index (χ1v) is 6.25. The van der Waals surface area contributed by atoms with Gasteiger partial charge in [0.1, 0.15) is 0 Å². The summed E-state index contributed by atoms with van der Waals surface area (Å²) in [6.07, 6.45) is 1.19. The monoisotopic (exact) mass is 218 g/mol. The van der Waals surface area contributed by atoms with Crippen molar-refractivity contribution in [1.82, 2.24) is 10.2 Å². The summed E-state index contributed by atoms with van der Waals surface area (Å²) in [7, 11) is 0. The van der Waals surface area contributed by atoms with Gasteiger partial charge < -0.3 is 10.2 Å². The lowest BCUT2D eigenvalue weighted by molar-refractivity contribution is 0.244. The van der Waals surface area contributed by atoms with Gasteiger partial charge in [-0.15, -0.1) is 0 Å². The molecule has 0 bridgehead atoms. The summed E-state index contributed by atoms with van der Waals surface area (Å²) in [6.45, 7) is 10.3. The van der Waals surface area contributed by atoms with Crippen LogP contribution in [0.1, 0.15) is 16.7 Å². The molecule has 0 aliphatic carbocycles. The van der Waals surface area contributed by atoms with Crippen molar-refractivity contribution < 1.29 is 0 Å². The van der Waals surface area contributed by atoms with Crippen LogP contribution in [0.2, 0.25) is 0 Å². The molecule has 0 unspecified atom stereocenters. The Kier molecular flexibility index (Phi) is 3.97. The molecule has 0 saturated carbocycles. The number of rotatable bonds is 3. The number of benzene rings is 1. The molecule has 88 valence electrons. The quantitative estimate of drug-likeness (QED) is 0.831. The van der Waals surface area contributed by atoms with E-state index in [0.717, 1.165) is 13.1 Å². The highest BCUT2D eigenvalue weighted by atomic mass is 15.2. The molecule has 1 N–H and O–H groups in total. The van der Waals surface area contributed by atoms with Crippen LogP contribution in [0.4, 0.5) is 0 Å². The van der Waals surface area contributed by atoms with Gasteiger partial charge in [-0.2, -0.15) is 0 Å². The molecule has 0 radical (unpaired) electrons. The van der Waals surface area contributed by atoms with E-state index in [1.807, 2.05) is 0 Å². The van der Waals surface area contributed by atoms with Crippen LogP contribution in [-0.2, 0) is 6.42 Å². The molecule has 1 fully saturated rings. The zero-order valence-corrected chi connectivity index (χ0v) is 10.4. The van der Waals surface area contributed by atoms with Crippen LogP contribution in [-0.4, -0.2) is 37.6 Å². The van der Waals surface area contributed by atoms with Crippen molar-refractivity contribution in [3.05, 3.63) is 34.9 Å². The van der Waals surface area contributed by atoms with E-state index in [1.54, 1.807) is 0 Å². The van der Waals surface area contributed by atoms with E-state index in [4.69, 9.17) is 0 Å². The summed E-state index contributed by atoms with van der Waals surface area (Å²) in [6, 6.07) is 6.79. The fraction of sp³-hybridized carbons (Fsp3) is 0.571. The second-order valence-corrected chi connectivity index (χ2v) is 4.77. The van der Waals surface area contributed by atoms with Crippen LogP contribution in [0.15, 0.2) is 18.2 Å². The Morgan fingerprint density at radius 3 is 2.62 bits per heavy atom. The van der Waals surface area contributed by atoms with Gasteiger partial charge >= 0.3 is 0 Å². The van der Waals surface area contributed by atoms with Gasteiger partial charge in [0.15, 0.2) is 0 Å². The SMILES string of the molecule is Cc1ccc(CCN2CCNCC2)c(C)c1. The highest BCUT2D eigenvalue weighted by Gasteiger charge is 2.09.